The third kappa shape index (κ3) is 7.73. The van der Waals surface area contributed by atoms with Crippen molar-refractivity contribution in [3.8, 4) is 73.2 Å². The molecule has 8 nitrogen and oxygen atoms in total. The van der Waals surface area contributed by atoms with E-state index in [1.54, 1.807) is 0 Å². The molecule has 374 valence electrons. The van der Waals surface area contributed by atoms with Crippen LogP contribution in [0.3, 0.4) is 0 Å². The fraction of sp³-hybridized carbons (Fsp3) is 0. The zero-order valence-electron chi connectivity index (χ0n) is 43.3. The number of rotatable bonds is 8. The summed E-state index contributed by atoms with van der Waals surface area (Å²) in [5, 5.41) is 6.43. The molecule has 0 saturated heterocycles. The number of nitrogens with zero attached hydrogens (tertiary/aromatic N) is 8. The van der Waals surface area contributed by atoms with Gasteiger partial charge < -0.3 is 13.7 Å². The Balaban J connectivity index is 0.819. The lowest BCUT2D eigenvalue weighted by molar-refractivity contribution is 1.16. The normalized spacial score (nSPS) is 11.4. The van der Waals surface area contributed by atoms with Crippen molar-refractivity contribution in [2.75, 3.05) is 0 Å². The van der Waals surface area contributed by atoms with Crippen molar-refractivity contribution in [1.82, 2.24) is 23.7 Å². The van der Waals surface area contributed by atoms with Gasteiger partial charge in [-0.05, 0) is 130 Å². The van der Waals surface area contributed by atoms with Gasteiger partial charge in [0.1, 0.15) is 0 Å². The van der Waals surface area contributed by atoms with Crippen LogP contribution in [-0.2, 0) is 0 Å². The zero-order valence-corrected chi connectivity index (χ0v) is 43.3. The molecule has 8 heteroatoms. The third-order valence-corrected chi connectivity index (χ3v) is 15.7. The second-order valence-electron chi connectivity index (χ2n) is 20.2. The number of aromatic nitrogens is 5. The molecule has 0 saturated carbocycles. The van der Waals surface area contributed by atoms with Crippen LogP contribution in [0.1, 0.15) is 0 Å². The number of benzene rings is 11. The number of fused-ring (bicyclic) bond motifs is 9. The van der Waals surface area contributed by atoms with E-state index in [4.69, 9.17) is 29.7 Å². The molecule has 0 bridgehead atoms. The number of hydrogen-bond acceptors (Lipinski definition) is 2. The van der Waals surface area contributed by atoms with Gasteiger partial charge in [0.25, 0.3) is 0 Å². The monoisotopic (exact) mass is 1030 g/mol. The molecule has 4 heterocycles. The van der Waals surface area contributed by atoms with Gasteiger partial charge in [-0.1, -0.05) is 158 Å². The molecule has 81 heavy (non-hydrogen) atoms. The maximum absolute atomic E-state index is 8.39. The highest BCUT2D eigenvalue weighted by Gasteiger charge is 2.21. The van der Waals surface area contributed by atoms with E-state index in [2.05, 4.69) is 186 Å². The Labute approximate surface area is 466 Å². The van der Waals surface area contributed by atoms with Crippen LogP contribution < -0.4 is 0 Å². The molecule has 0 radical (unpaired) electrons. The fourth-order valence-electron chi connectivity index (χ4n) is 11.9. The molecule has 0 atom stereocenters. The lowest BCUT2D eigenvalue weighted by atomic mass is 9.97. The summed E-state index contributed by atoms with van der Waals surface area (Å²) in [6.45, 7) is 24.0. The van der Waals surface area contributed by atoms with E-state index >= 15 is 0 Å². The van der Waals surface area contributed by atoms with E-state index in [9.17, 15) is 0 Å². The molecule has 0 unspecified atom stereocenters. The van der Waals surface area contributed by atoms with E-state index in [-0.39, 0.29) is 0 Å². The Hall–Kier alpha value is -11.6. The Kier molecular flexibility index (Phi) is 10.8. The van der Waals surface area contributed by atoms with E-state index in [1.807, 2.05) is 97.1 Å². The van der Waals surface area contributed by atoms with E-state index < -0.39 is 0 Å². The summed E-state index contributed by atoms with van der Waals surface area (Å²) in [7, 11) is 0. The molecule has 0 aliphatic heterocycles. The maximum atomic E-state index is 8.39. The van der Waals surface area contributed by atoms with Gasteiger partial charge in [-0.2, -0.15) is 0 Å². The fourth-order valence-corrected chi connectivity index (χ4v) is 11.9. The first-order valence-corrected chi connectivity index (χ1v) is 26.6. The molecular weight excluding hydrogens is 989 g/mol. The summed E-state index contributed by atoms with van der Waals surface area (Å²) in [6, 6.07) is 87.6. The average molecular weight is 1030 g/mol. The molecule has 4 aromatic heterocycles. The van der Waals surface area contributed by atoms with Crippen LogP contribution in [-0.4, -0.2) is 23.7 Å². The Morgan fingerprint density at radius 1 is 0.272 bits per heavy atom. The first kappa shape index (κ1) is 46.7. The number of para-hydroxylation sites is 2. The summed E-state index contributed by atoms with van der Waals surface area (Å²) in [5.74, 6) is 0.670. The van der Waals surface area contributed by atoms with Crippen LogP contribution in [0, 0.1) is 19.7 Å². The summed E-state index contributed by atoms with van der Waals surface area (Å²) < 4.78 is 6.94. The molecule has 0 aliphatic carbocycles. The van der Waals surface area contributed by atoms with Crippen molar-refractivity contribution in [3.05, 3.63) is 289 Å². The molecule has 11 aromatic carbocycles. The SMILES string of the molecule is [C-]#[N+]c1ccc2c(c1)c1cc([N+]#[C-])ccc1n2-c1ccc2c(c1)c1cc(-n3c4ccccc4c4ccccc43)ccc1n2-c1ccc(-c2ccc(-c3ccc(-c4cc(-c5ccccc5)nc(-c5ccccc5)n4)cc3)cc2[N+]#[C-])cc1. The summed E-state index contributed by atoms with van der Waals surface area (Å²) >= 11 is 0. The molecule has 0 spiro atoms. The van der Waals surface area contributed by atoms with Gasteiger partial charge in [0.05, 0.1) is 64.2 Å². The van der Waals surface area contributed by atoms with E-state index in [0.29, 0.717) is 22.9 Å². The van der Waals surface area contributed by atoms with Crippen LogP contribution in [0.15, 0.2) is 255 Å². The summed E-state index contributed by atoms with van der Waals surface area (Å²) in [4.78, 5) is 21.6. The smallest absolute Gasteiger partial charge is 0.195 e. The van der Waals surface area contributed by atoms with Gasteiger partial charge in [0, 0.05) is 55.3 Å². The molecule has 0 fully saturated rings. The predicted molar refractivity (Wildman–Crippen MR) is 331 cm³/mol. The maximum Gasteiger partial charge on any atom is 0.195 e. The lowest BCUT2D eigenvalue weighted by Crippen LogP contribution is -1.96. The second-order valence-corrected chi connectivity index (χ2v) is 20.2. The minimum atomic E-state index is 0.553. The standard InChI is InChI=1S/C73H42N8/c1-74-52-29-36-69-60(41-52)61-42-53(75-2)30-37-70(61)81(69)56-34-39-72-63(44-56)62-43-55(80-67-20-12-10-18-58(67)59-19-11-13-21-68(59)80)33-38-71(62)79(72)54-31-26-47(27-32-54)57-35-28-51(40-66(57)76-3)46-22-24-49(25-23-46)65-45-64(48-14-6-4-7-15-48)77-73(78-65)50-16-8-5-9-17-50/h4-45H. The zero-order chi connectivity index (χ0) is 54.1. The van der Waals surface area contributed by atoms with Crippen molar-refractivity contribution in [3.63, 3.8) is 0 Å². The Morgan fingerprint density at radius 3 is 1.21 bits per heavy atom. The van der Waals surface area contributed by atoms with Crippen LogP contribution in [0.2, 0.25) is 0 Å². The molecular formula is C73H42N8. The lowest BCUT2D eigenvalue weighted by Gasteiger charge is -2.13. The van der Waals surface area contributed by atoms with Crippen molar-refractivity contribution in [2.24, 2.45) is 0 Å². The summed E-state index contributed by atoms with van der Waals surface area (Å²) in [5.41, 5.74) is 19.4. The van der Waals surface area contributed by atoms with Crippen LogP contribution in [0.5, 0.6) is 0 Å². The van der Waals surface area contributed by atoms with Crippen molar-refractivity contribution >= 4 is 82.5 Å². The van der Waals surface area contributed by atoms with E-state index in [0.717, 1.165) is 122 Å². The van der Waals surface area contributed by atoms with Crippen molar-refractivity contribution < 1.29 is 0 Å². The van der Waals surface area contributed by atoms with Crippen LogP contribution >= 0.6 is 0 Å². The van der Waals surface area contributed by atoms with Gasteiger partial charge in [0.15, 0.2) is 22.9 Å². The second kappa shape index (κ2) is 18.8. The topological polar surface area (TPSA) is 53.6 Å². The minimum absolute atomic E-state index is 0.553. The minimum Gasteiger partial charge on any atom is -0.309 e. The third-order valence-electron chi connectivity index (χ3n) is 15.7. The summed E-state index contributed by atoms with van der Waals surface area (Å²) in [6.07, 6.45) is 0. The molecule has 0 N–H and O–H groups in total. The van der Waals surface area contributed by atoms with Gasteiger partial charge >= 0.3 is 0 Å². The van der Waals surface area contributed by atoms with E-state index in [1.165, 1.54) is 10.8 Å². The van der Waals surface area contributed by atoms with Crippen LogP contribution in [0.4, 0.5) is 17.1 Å². The number of hydrogen-bond donors (Lipinski definition) is 0. The van der Waals surface area contributed by atoms with Crippen LogP contribution in [0.25, 0.3) is 153 Å². The van der Waals surface area contributed by atoms with Gasteiger partial charge in [-0.3, -0.25) is 0 Å². The average Bonchev–Trinajstić information content (AvgIpc) is 4.39. The van der Waals surface area contributed by atoms with Gasteiger partial charge in [-0.15, -0.1) is 0 Å². The Bertz CT molecular complexity index is 5000. The van der Waals surface area contributed by atoms with Gasteiger partial charge in [0.2, 0.25) is 0 Å². The molecule has 15 rings (SSSR count). The first-order chi connectivity index (χ1) is 40.0. The molecule has 0 aliphatic rings. The quantitative estimate of drug-likeness (QED) is 0.142. The van der Waals surface area contributed by atoms with Crippen molar-refractivity contribution in [1.29, 1.82) is 0 Å². The highest BCUT2D eigenvalue weighted by atomic mass is 15.0. The molecule has 0 amide bonds. The Morgan fingerprint density at radius 2 is 0.679 bits per heavy atom. The predicted octanol–water partition coefficient (Wildman–Crippen LogP) is 19.8. The molecule has 15 aromatic rings. The van der Waals surface area contributed by atoms with Crippen molar-refractivity contribution in [2.45, 2.75) is 0 Å². The highest BCUT2D eigenvalue weighted by Crippen LogP contribution is 2.42. The van der Waals surface area contributed by atoms with Gasteiger partial charge in [-0.25, -0.2) is 24.5 Å². The highest BCUT2D eigenvalue weighted by molar-refractivity contribution is 6.15. The largest absolute Gasteiger partial charge is 0.309 e. The first-order valence-electron chi connectivity index (χ1n) is 26.6.